The number of esters is 1. The van der Waals surface area contributed by atoms with Crippen LogP contribution >= 0.6 is 0 Å². The Hall–Kier alpha value is -3.29. The monoisotopic (exact) mass is 358 g/mol. The van der Waals surface area contributed by atoms with Gasteiger partial charge in [-0.05, 0) is 38.8 Å². The number of hydrogen-bond donors (Lipinski definition) is 1. The molecule has 8 nitrogen and oxygen atoms in total. The quantitative estimate of drug-likeness (QED) is 0.367. The minimum Gasteiger partial charge on any atom is -0.453 e. The number of aryl methyl sites for hydroxylation is 2. The maximum Gasteiger partial charge on any atom is 0.345 e. The molecule has 0 radical (unpaired) electrons. The predicted octanol–water partition coefficient (Wildman–Crippen LogP) is 3.09. The molecule has 1 N–H and O–H groups in total. The molecule has 0 unspecified atom stereocenters. The fourth-order valence-corrected chi connectivity index (χ4v) is 2.90. The Labute approximate surface area is 149 Å². The molecule has 2 rings (SSSR count). The number of Topliss-reactive ketones (excluding diaryl/α,β-unsaturated/α-hetero) is 2. The van der Waals surface area contributed by atoms with Crippen molar-refractivity contribution < 1.29 is 24.0 Å². The molecule has 26 heavy (non-hydrogen) atoms. The van der Waals surface area contributed by atoms with E-state index in [9.17, 15) is 24.5 Å². The third-order valence-electron chi connectivity index (χ3n) is 4.05. The van der Waals surface area contributed by atoms with Gasteiger partial charge in [-0.15, -0.1) is 0 Å². The minimum absolute atomic E-state index is 0.178. The first-order valence-corrected chi connectivity index (χ1v) is 7.79. The molecule has 0 aliphatic carbocycles. The van der Waals surface area contributed by atoms with Crippen molar-refractivity contribution in [2.45, 2.75) is 27.7 Å². The van der Waals surface area contributed by atoms with E-state index in [2.05, 4.69) is 4.98 Å². The average Bonchev–Trinajstić information content (AvgIpc) is 2.86. The van der Waals surface area contributed by atoms with Gasteiger partial charge in [0.1, 0.15) is 5.56 Å². The number of aromatic nitrogens is 1. The first-order chi connectivity index (χ1) is 12.1. The fourth-order valence-electron chi connectivity index (χ4n) is 2.90. The molecule has 136 valence electrons. The first kappa shape index (κ1) is 19.0. The van der Waals surface area contributed by atoms with Crippen LogP contribution in [-0.4, -0.2) is 34.0 Å². The topological polar surface area (TPSA) is 119 Å². The summed E-state index contributed by atoms with van der Waals surface area (Å²) in [6.07, 6.45) is 0. The van der Waals surface area contributed by atoms with E-state index in [4.69, 9.17) is 4.74 Å². The van der Waals surface area contributed by atoms with Crippen LogP contribution in [0.4, 0.5) is 5.69 Å². The molecular weight excluding hydrogens is 340 g/mol. The Morgan fingerprint density at radius 3 is 2.35 bits per heavy atom. The Kier molecular flexibility index (Phi) is 5.35. The van der Waals surface area contributed by atoms with E-state index in [1.165, 1.54) is 19.1 Å². The number of ketones is 2. The Morgan fingerprint density at radius 2 is 1.81 bits per heavy atom. The standard InChI is InChI=1S/C18H18N2O6/c1-9-6-5-7-13(20(24)25)15(9)18(23)26-8-14(22)17-10(2)16(12(4)21)11(3)19-17/h5-7,19H,8H2,1-4H3. The summed E-state index contributed by atoms with van der Waals surface area (Å²) >= 11 is 0. The van der Waals surface area contributed by atoms with E-state index in [0.29, 0.717) is 22.4 Å². The molecule has 0 spiro atoms. The molecule has 8 heteroatoms. The van der Waals surface area contributed by atoms with Crippen LogP contribution in [0.1, 0.15) is 54.9 Å². The van der Waals surface area contributed by atoms with Gasteiger partial charge in [-0.25, -0.2) is 4.79 Å². The number of benzene rings is 1. The van der Waals surface area contributed by atoms with Crippen LogP contribution in [0.15, 0.2) is 18.2 Å². The highest BCUT2D eigenvalue weighted by Gasteiger charge is 2.25. The van der Waals surface area contributed by atoms with Crippen molar-refractivity contribution in [2.24, 2.45) is 0 Å². The number of nitro benzene ring substituents is 1. The predicted molar refractivity (Wildman–Crippen MR) is 92.7 cm³/mol. The van der Waals surface area contributed by atoms with Crippen LogP contribution in [0.5, 0.6) is 0 Å². The van der Waals surface area contributed by atoms with Gasteiger partial charge in [-0.3, -0.25) is 19.7 Å². The number of ether oxygens (including phenoxy) is 1. The minimum atomic E-state index is -0.948. The smallest absolute Gasteiger partial charge is 0.345 e. The summed E-state index contributed by atoms with van der Waals surface area (Å²) in [7, 11) is 0. The average molecular weight is 358 g/mol. The van der Waals surface area contributed by atoms with Gasteiger partial charge in [0.2, 0.25) is 5.78 Å². The zero-order chi connectivity index (χ0) is 19.6. The summed E-state index contributed by atoms with van der Waals surface area (Å²) in [6, 6.07) is 4.20. The number of nitrogens with zero attached hydrogens (tertiary/aromatic N) is 1. The Bertz CT molecular complexity index is 926. The third-order valence-corrected chi connectivity index (χ3v) is 4.05. The normalized spacial score (nSPS) is 10.5. The van der Waals surface area contributed by atoms with E-state index < -0.39 is 23.3 Å². The van der Waals surface area contributed by atoms with Crippen molar-refractivity contribution in [1.29, 1.82) is 0 Å². The van der Waals surface area contributed by atoms with Crippen LogP contribution in [-0.2, 0) is 4.74 Å². The number of H-pyrrole nitrogens is 1. The molecule has 1 aromatic heterocycles. The Morgan fingerprint density at radius 1 is 1.15 bits per heavy atom. The van der Waals surface area contributed by atoms with Gasteiger partial charge in [-0.1, -0.05) is 12.1 Å². The van der Waals surface area contributed by atoms with Gasteiger partial charge < -0.3 is 9.72 Å². The van der Waals surface area contributed by atoms with Gasteiger partial charge in [0.25, 0.3) is 5.69 Å². The van der Waals surface area contributed by atoms with Gasteiger partial charge in [0, 0.05) is 17.3 Å². The van der Waals surface area contributed by atoms with E-state index >= 15 is 0 Å². The summed E-state index contributed by atoms with van der Waals surface area (Å²) in [5, 5.41) is 11.1. The lowest BCUT2D eigenvalue weighted by Gasteiger charge is -2.07. The molecule has 0 saturated heterocycles. The highest BCUT2D eigenvalue weighted by atomic mass is 16.6. The maximum atomic E-state index is 12.3. The molecular formula is C18H18N2O6. The number of nitro groups is 1. The highest BCUT2D eigenvalue weighted by Crippen LogP contribution is 2.23. The zero-order valence-corrected chi connectivity index (χ0v) is 14.8. The summed E-state index contributed by atoms with van der Waals surface area (Å²) < 4.78 is 4.98. The number of hydrogen-bond acceptors (Lipinski definition) is 6. The fraction of sp³-hybridized carbons (Fsp3) is 0.278. The molecule has 0 fully saturated rings. The summed E-state index contributed by atoms with van der Waals surface area (Å²) in [5.74, 6) is -1.65. The van der Waals surface area contributed by atoms with Crippen LogP contribution < -0.4 is 0 Å². The lowest BCUT2D eigenvalue weighted by atomic mass is 10.1. The molecule has 2 aromatic rings. The largest absolute Gasteiger partial charge is 0.453 e. The van der Waals surface area contributed by atoms with Crippen molar-refractivity contribution in [3.05, 3.63) is 62.0 Å². The lowest BCUT2D eigenvalue weighted by Crippen LogP contribution is -2.17. The Balaban J connectivity index is 2.21. The van der Waals surface area contributed by atoms with E-state index in [-0.39, 0.29) is 22.7 Å². The number of carbonyl (C=O) groups excluding carboxylic acids is 3. The van der Waals surface area contributed by atoms with Crippen molar-refractivity contribution in [1.82, 2.24) is 4.98 Å². The summed E-state index contributed by atoms with van der Waals surface area (Å²) in [6.45, 7) is 5.64. The van der Waals surface area contributed by atoms with E-state index in [0.717, 1.165) is 0 Å². The summed E-state index contributed by atoms with van der Waals surface area (Å²) in [4.78, 5) is 49.5. The first-order valence-electron chi connectivity index (χ1n) is 7.79. The molecule has 0 amide bonds. The van der Waals surface area contributed by atoms with Crippen LogP contribution in [0.3, 0.4) is 0 Å². The van der Waals surface area contributed by atoms with Crippen molar-refractivity contribution in [3.63, 3.8) is 0 Å². The van der Waals surface area contributed by atoms with Crippen molar-refractivity contribution in [2.75, 3.05) is 6.61 Å². The molecule has 1 heterocycles. The van der Waals surface area contributed by atoms with Gasteiger partial charge >= 0.3 is 5.97 Å². The number of rotatable bonds is 6. The van der Waals surface area contributed by atoms with Crippen molar-refractivity contribution in [3.8, 4) is 0 Å². The number of nitrogens with one attached hydrogen (secondary N) is 1. The second-order valence-corrected chi connectivity index (χ2v) is 5.91. The second-order valence-electron chi connectivity index (χ2n) is 5.91. The van der Waals surface area contributed by atoms with Gasteiger partial charge in [0.15, 0.2) is 12.4 Å². The molecule has 0 atom stereocenters. The molecule has 0 aliphatic heterocycles. The van der Waals surface area contributed by atoms with Gasteiger partial charge in [-0.2, -0.15) is 0 Å². The zero-order valence-electron chi connectivity index (χ0n) is 14.8. The lowest BCUT2D eigenvalue weighted by molar-refractivity contribution is -0.385. The van der Waals surface area contributed by atoms with Gasteiger partial charge in [0.05, 0.1) is 10.6 Å². The SMILES string of the molecule is CC(=O)c1c(C)[nH]c(C(=O)COC(=O)c2c(C)cccc2[N+](=O)[O-])c1C. The number of aromatic amines is 1. The van der Waals surface area contributed by atoms with E-state index in [1.54, 1.807) is 26.8 Å². The molecule has 1 aromatic carbocycles. The number of carbonyl (C=O) groups is 3. The second kappa shape index (κ2) is 7.30. The molecule has 0 bridgehead atoms. The van der Waals surface area contributed by atoms with Crippen LogP contribution in [0.2, 0.25) is 0 Å². The molecule has 0 saturated carbocycles. The van der Waals surface area contributed by atoms with Crippen LogP contribution in [0, 0.1) is 30.9 Å². The third kappa shape index (κ3) is 3.53. The van der Waals surface area contributed by atoms with E-state index in [1.807, 2.05) is 0 Å². The highest BCUT2D eigenvalue weighted by molar-refractivity contribution is 6.04. The molecule has 0 aliphatic rings. The van der Waals surface area contributed by atoms with Crippen LogP contribution in [0.25, 0.3) is 0 Å². The maximum absolute atomic E-state index is 12.3. The van der Waals surface area contributed by atoms with Crippen molar-refractivity contribution >= 4 is 23.2 Å². The summed E-state index contributed by atoms with van der Waals surface area (Å²) in [5.41, 5.74) is 1.45.